The van der Waals surface area contributed by atoms with E-state index in [-0.39, 0.29) is 30.1 Å². The third-order valence-electron chi connectivity index (χ3n) is 9.05. The Morgan fingerprint density at radius 3 is 2.56 bits per heavy atom. The molecule has 1 saturated carbocycles. The van der Waals surface area contributed by atoms with E-state index in [1.54, 1.807) is 7.11 Å². The zero-order valence-electron chi connectivity index (χ0n) is 22.6. The van der Waals surface area contributed by atoms with E-state index in [1.807, 2.05) is 24.8 Å². The highest BCUT2D eigenvalue weighted by Crippen LogP contribution is 2.50. The van der Waals surface area contributed by atoms with Gasteiger partial charge in [0.15, 0.2) is 0 Å². The molecule has 1 aliphatic carbocycles. The minimum atomic E-state index is -0.368. The lowest BCUT2D eigenvalue weighted by molar-refractivity contribution is 0.0601. The van der Waals surface area contributed by atoms with Crippen LogP contribution in [0.25, 0.3) is 10.9 Å². The van der Waals surface area contributed by atoms with Crippen LogP contribution in [-0.2, 0) is 12.5 Å². The predicted molar refractivity (Wildman–Crippen MR) is 144 cm³/mol. The number of nitrogens with one attached hydrogen (secondary N) is 1. The van der Waals surface area contributed by atoms with Gasteiger partial charge in [0.05, 0.1) is 25.3 Å². The number of aryl methyl sites for hydroxylation is 1. The average molecular weight is 497 g/mol. The number of piperidine rings is 1. The molecule has 1 atom stereocenters. The Hall–Kier alpha value is -2.25. The van der Waals surface area contributed by atoms with Crippen LogP contribution in [0.1, 0.15) is 76.1 Å². The number of rotatable bonds is 5. The van der Waals surface area contributed by atoms with Crippen molar-refractivity contribution in [1.29, 1.82) is 0 Å². The molecule has 5 rings (SSSR count). The third-order valence-corrected chi connectivity index (χ3v) is 9.05. The van der Waals surface area contributed by atoms with Gasteiger partial charge in [-0.05, 0) is 76.2 Å². The van der Waals surface area contributed by atoms with Gasteiger partial charge in [-0.25, -0.2) is 4.79 Å². The number of aliphatic hydroxyl groups excluding tert-OH is 1. The number of hydrogen-bond donors (Lipinski definition) is 2. The van der Waals surface area contributed by atoms with Crippen LogP contribution in [0.15, 0.2) is 18.2 Å². The highest BCUT2D eigenvalue weighted by Gasteiger charge is 2.49. The largest absolute Gasteiger partial charge is 0.497 e. The summed E-state index contributed by atoms with van der Waals surface area (Å²) in [5.41, 5.74) is 3.40. The minimum Gasteiger partial charge on any atom is -0.497 e. The molecule has 7 nitrogen and oxygen atoms in total. The first-order chi connectivity index (χ1) is 17.4. The summed E-state index contributed by atoms with van der Waals surface area (Å²) in [7, 11) is 3.76. The van der Waals surface area contributed by atoms with Gasteiger partial charge in [-0.15, -0.1) is 0 Å². The maximum absolute atomic E-state index is 13.4. The highest BCUT2D eigenvalue weighted by atomic mass is 16.5. The molecular formula is C29H44N4O3. The molecule has 0 unspecified atom stereocenters. The number of aromatic nitrogens is 1. The van der Waals surface area contributed by atoms with E-state index in [1.165, 1.54) is 49.6 Å². The molecule has 2 aliphatic heterocycles. The Kier molecular flexibility index (Phi) is 7.23. The number of aliphatic hydroxyl groups is 1. The second kappa shape index (κ2) is 10.3. The Balaban J connectivity index is 1.53. The second-order valence-electron chi connectivity index (χ2n) is 11.7. The number of likely N-dealkylation sites (tertiary alicyclic amines) is 1. The Morgan fingerprint density at radius 1 is 1.19 bits per heavy atom. The van der Waals surface area contributed by atoms with Gasteiger partial charge in [-0.1, -0.05) is 19.3 Å². The molecule has 3 heterocycles. The summed E-state index contributed by atoms with van der Waals surface area (Å²) in [5.74, 6) is 1.67. The molecule has 2 fully saturated rings. The van der Waals surface area contributed by atoms with Crippen LogP contribution < -0.4 is 10.1 Å². The zero-order chi connectivity index (χ0) is 25.4. The van der Waals surface area contributed by atoms with E-state index in [4.69, 9.17) is 4.74 Å². The van der Waals surface area contributed by atoms with E-state index in [0.717, 1.165) is 48.8 Å². The number of hydrogen-bond acceptors (Lipinski definition) is 4. The fourth-order valence-corrected chi connectivity index (χ4v) is 7.21. The summed E-state index contributed by atoms with van der Waals surface area (Å²) in [5, 5.41) is 14.9. The maximum Gasteiger partial charge on any atom is 0.318 e. The molecule has 0 bridgehead atoms. The summed E-state index contributed by atoms with van der Waals surface area (Å²) < 4.78 is 7.74. The van der Waals surface area contributed by atoms with Gasteiger partial charge in [-0.2, -0.15) is 0 Å². The SMILES string of the molecule is COc1ccc2c3c(n(C)c2c1)[C@@H](CO)N(C(=O)NC(C)C)CC31CCN(CC2CCCCC2)CC1. The summed E-state index contributed by atoms with van der Waals surface area (Å²) in [4.78, 5) is 18.0. The van der Waals surface area contributed by atoms with Gasteiger partial charge in [0.2, 0.25) is 0 Å². The third kappa shape index (κ3) is 4.49. The van der Waals surface area contributed by atoms with Crippen molar-refractivity contribution >= 4 is 16.9 Å². The van der Waals surface area contributed by atoms with Crippen LogP contribution in [0.4, 0.5) is 4.79 Å². The monoisotopic (exact) mass is 496 g/mol. The van der Waals surface area contributed by atoms with Crippen LogP contribution in [0, 0.1) is 5.92 Å². The number of nitrogens with zero attached hydrogens (tertiary/aromatic N) is 3. The van der Waals surface area contributed by atoms with E-state index in [0.29, 0.717) is 6.54 Å². The number of fused-ring (bicyclic) bond motifs is 4. The molecule has 0 radical (unpaired) electrons. The van der Waals surface area contributed by atoms with Crippen LogP contribution in [0.5, 0.6) is 5.75 Å². The lowest BCUT2D eigenvalue weighted by Gasteiger charge is -2.51. The molecule has 7 heteroatoms. The first-order valence-corrected chi connectivity index (χ1v) is 13.9. The first kappa shape index (κ1) is 25.4. The van der Waals surface area contributed by atoms with Crippen molar-refractivity contribution in [2.24, 2.45) is 13.0 Å². The average Bonchev–Trinajstić information content (AvgIpc) is 3.18. The molecule has 1 saturated heterocycles. The minimum absolute atomic E-state index is 0.0447. The van der Waals surface area contributed by atoms with Crippen LogP contribution in [-0.4, -0.2) is 71.4 Å². The molecule has 1 aromatic heterocycles. The number of amides is 2. The summed E-state index contributed by atoms with van der Waals surface area (Å²) in [6.45, 7) is 7.87. The molecule has 36 heavy (non-hydrogen) atoms. The molecular weight excluding hydrogens is 452 g/mol. The summed E-state index contributed by atoms with van der Waals surface area (Å²) in [6, 6.07) is 5.91. The summed E-state index contributed by atoms with van der Waals surface area (Å²) in [6.07, 6.45) is 8.97. The number of benzene rings is 1. The van der Waals surface area contributed by atoms with E-state index in [9.17, 15) is 9.90 Å². The Bertz CT molecular complexity index is 1080. The number of ether oxygens (including phenoxy) is 1. The van der Waals surface area contributed by atoms with Gasteiger partial charge >= 0.3 is 6.03 Å². The van der Waals surface area contributed by atoms with Crippen molar-refractivity contribution < 1.29 is 14.6 Å². The lowest BCUT2D eigenvalue weighted by Crippen LogP contribution is -2.58. The van der Waals surface area contributed by atoms with Gasteiger partial charge in [0.1, 0.15) is 5.75 Å². The van der Waals surface area contributed by atoms with Gasteiger partial charge in [0, 0.05) is 48.7 Å². The maximum atomic E-state index is 13.4. The smallest absolute Gasteiger partial charge is 0.318 e. The van der Waals surface area contributed by atoms with Crippen molar-refractivity contribution in [2.45, 2.75) is 76.3 Å². The Labute approximate surface area is 215 Å². The predicted octanol–water partition coefficient (Wildman–Crippen LogP) is 4.57. The van der Waals surface area contributed by atoms with Crippen molar-refractivity contribution in [3.05, 3.63) is 29.5 Å². The normalized spacial score (nSPS) is 22.8. The van der Waals surface area contributed by atoms with E-state index in [2.05, 4.69) is 34.0 Å². The molecule has 2 aromatic rings. The van der Waals surface area contributed by atoms with Gasteiger partial charge in [-0.3, -0.25) is 0 Å². The van der Waals surface area contributed by atoms with Crippen LogP contribution in [0.2, 0.25) is 0 Å². The number of carbonyl (C=O) groups is 1. The fourth-order valence-electron chi connectivity index (χ4n) is 7.21. The van der Waals surface area contributed by atoms with E-state index < -0.39 is 0 Å². The Morgan fingerprint density at radius 2 is 1.92 bits per heavy atom. The quantitative estimate of drug-likeness (QED) is 0.636. The summed E-state index contributed by atoms with van der Waals surface area (Å²) >= 11 is 0. The molecule has 2 amide bonds. The van der Waals surface area contributed by atoms with Crippen molar-refractivity contribution in [2.75, 3.05) is 39.9 Å². The fraction of sp³-hybridized carbons (Fsp3) is 0.690. The van der Waals surface area contributed by atoms with Gasteiger partial charge < -0.3 is 29.5 Å². The number of urea groups is 1. The molecule has 1 aromatic carbocycles. The second-order valence-corrected chi connectivity index (χ2v) is 11.7. The zero-order valence-corrected chi connectivity index (χ0v) is 22.6. The lowest BCUT2D eigenvalue weighted by atomic mass is 9.68. The molecule has 3 aliphatic rings. The first-order valence-electron chi connectivity index (χ1n) is 13.9. The molecule has 2 N–H and O–H groups in total. The highest BCUT2D eigenvalue weighted by molar-refractivity contribution is 5.89. The van der Waals surface area contributed by atoms with Crippen LogP contribution in [0.3, 0.4) is 0 Å². The molecule has 198 valence electrons. The number of carbonyl (C=O) groups excluding carboxylic acids is 1. The standard InChI is InChI=1S/C29H44N4O3/c1-20(2)30-28(35)33-19-29(12-14-32(15-13-29)17-21-8-6-5-7-9-21)26-23-11-10-22(36-4)16-24(23)31(3)27(26)25(33)18-34/h10-11,16,20-21,25,34H,5-9,12-15,17-19H2,1-4H3,(H,30,35)/t25-/m1/s1. The van der Waals surface area contributed by atoms with Crippen molar-refractivity contribution in [3.63, 3.8) is 0 Å². The topological polar surface area (TPSA) is 70.0 Å². The van der Waals surface area contributed by atoms with Crippen molar-refractivity contribution in [1.82, 2.24) is 19.7 Å². The van der Waals surface area contributed by atoms with E-state index >= 15 is 0 Å². The molecule has 1 spiro atoms. The van der Waals surface area contributed by atoms with Crippen LogP contribution >= 0.6 is 0 Å². The number of methoxy groups -OCH3 is 1. The van der Waals surface area contributed by atoms with Crippen molar-refractivity contribution in [3.8, 4) is 5.75 Å². The van der Waals surface area contributed by atoms with Gasteiger partial charge in [0.25, 0.3) is 0 Å².